The average Bonchev–Trinajstić information content (AvgIpc) is 3.02. The summed E-state index contributed by atoms with van der Waals surface area (Å²) in [5.41, 5.74) is 2.53. The first-order valence-corrected chi connectivity index (χ1v) is 6.50. The SMILES string of the molecule is O=C1OC(c2ccccc2)=C/C1=C\c1ccsc1. The van der Waals surface area contributed by atoms with Crippen molar-refractivity contribution in [3.8, 4) is 0 Å². The first kappa shape index (κ1) is 11.0. The molecule has 0 bridgehead atoms. The van der Waals surface area contributed by atoms with E-state index >= 15 is 0 Å². The predicted molar refractivity (Wildman–Crippen MR) is 72.8 cm³/mol. The van der Waals surface area contributed by atoms with Crippen molar-refractivity contribution in [3.05, 3.63) is 69.9 Å². The van der Waals surface area contributed by atoms with Crippen molar-refractivity contribution in [2.45, 2.75) is 0 Å². The Balaban J connectivity index is 1.95. The molecule has 18 heavy (non-hydrogen) atoms. The summed E-state index contributed by atoms with van der Waals surface area (Å²) in [6.07, 6.45) is 3.63. The van der Waals surface area contributed by atoms with E-state index in [0.29, 0.717) is 11.3 Å². The Morgan fingerprint density at radius 2 is 1.94 bits per heavy atom. The first-order valence-electron chi connectivity index (χ1n) is 5.56. The molecular weight excluding hydrogens is 244 g/mol. The molecule has 0 atom stereocenters. The van der Waals surface area contributed by atoms with E-state index in [0.717, 1.165) is 11.1 Å². The zero-order chi connectivity index (χ0) is 12.4. The van der Waals surface area contributed by atoms with Crippen molar-refractivity contribution in [2.75, 3.05) is 0 Å². The third-order valence-corrected chi connectivity index (χ3v) is 3.35. The lowest BCUT2D eigenvalue weighted by atomic mass is 10.1. The molecule has 2 heterocycles. The highest BCUT2D eigenvalue weighted by Crippen LogP contribution is 2.27. The van der Waals surface area contributed by atoms with Crippen LogP contribution in [-0.2, 0) is 9.53 Å². The van der Waals surface area contributed by atoms with Gasteiger partial charge in [0.25, 0.3) is 0 Å². The third-order valence-electron chi connectivity index (χ3n) is 2.65. The third kappa shape index (κ3) is 2.13. The highest BCUT2D eigenvalue weighted by Gasteiger charge is 2.21. The van der Waals surface area contributed by atoms with E-state index in [1.165, 1.54) is 0 Å². The van der Waals surface area contributed by atoms with Crippen LogP contribution in [0.2, 0.25) is 0 Å². The number of carbonyl (C=O) groups is 1. The molecule has 2 nitrogen and oxygen atoms in total. The van der Waals surface area contributed by atoms with Crippen LogP contribution in [0.5, 0.6) is 0 Å². The average molecular weight is 254 g/mol. The lowest BCUT2D eigenvalue weighted by molar-refractivity contribution is -0.130. The second kappa shape index (κ2) is 4.63. The fourth-order valence-electron chi connectivity index (χ4n) is 1.77. The lowest BCUT2D eigenvalue weighted by Gasteiger charge is -1.99. The smallest absolute Gasteiger partial charge is 0.343 e. The molecule has 0 N–H and O–H groups in total. The van der Waals surface area contributed by atoms with Crippen molar-refractivity contribution in [1.82, 2.24) is 0 Å². The molecule has 1 aliphatic heterocycles. The maximum atomic E-state index is 11.7. The van der Waals surface area contributed by atoms with Crippen molar-refractivity contribution in [3.63, 3.8) is 0 Å². The van der Waals surface area contributed by atoms with Gasteiger partial charge in [0.1, 0.15) is 5.76 Å². The Bertz CT molecular complexity index is 622. The van der Waals surface area contributed by atoms with Crippen LogP contribution in [-0.4, -0.2) is 5.97 Å². The van der Waals surface area contributed by atoms with Crippen molar-refractivity contribution in [1.29, 1.82) is 0 Å². The molecule has 0 amide bonds. The lowest BCUT2D eigenvalue weighted by Crippen LogP contribution is -1.96. The minimum absolute atomic E-state index is 0.292. The van der Waals surface area contributed by atoms with E-state index in [4.69, 9.17) is 4.74 Å². The minimum atomic E-state index is -0.292. The number of rotatable bonds is 2. The van der Waals surface area contributed by atoms with Gasteiger partial charge in [-0.1, -0.05) is 30.3 Å². The van der Waals surface area contributed by atoms with Crippen LogP contribution < -0.4 is 0 Å². The van der Waals surface area contributed by atoms with Gasteiger partial charge in [0.2, 0.25) is 0 Å². The van der Waals surface area contributed by atoms with E-state index in [1.54, 1.807) is 17.4 Å². The number of hydrogen-bond acceptors (Lipinski definition) is 3. The van der Waals surface area contributed by atoms with Crippen LogP contribution in [0, 0.1) is 0 Å². The van der Waals surface area contributed by atoms with E-state index in [1.807, 2.05) is 53.2 Å². The number of cyclic esters (lactones) is 1. The predicted octanol–water partition coefficient (Wildman–Crippen LogP) is 3.73. The van der Waals surface area contributed by atoms with Gasteiger partial charge in [0.05, 0.1) is 5.57 Å². The molecule has 0 unspecified atom stereocenters. The number of ether oxygens (including phenoxy) is 1. The topological polar surface area (TPSA) is 26.3 Å². The molecule has 0 fully saturated rings. The van der Waals surface area contributed by atoms with E-state index < -0.39 is 0 Å². The van der Waals surface area contributed by atoms with Gasteiger partial charge in [0, 0.05) is 5.56 Å². The molecule has 0 saturated carbocycles. The van der Waals surface area contributed by atoms with Crippen molar-refractivity contribution >= 4 is 29.1 Å². The summed E-state index contributed by atoms with van der Waals surface area (Å²) in [6.45, 7) is 0. The summed E-state index contributed by atoms with van der Waals surface area (Å²) in [6, 6.07) is 11.6. The Morgan fingerprint density at radius 1 is 1.11 bits per heavy atom. The van der Waals surface area contributed by atoms with Gasteiger partial charge >= 0.3 is 5.97 Å². The Hall–Kier alpha value is -2.13. The molecule has 3 rings (SSSR count). The maximum absolute atomic E-state index is 11.7. The molecule has 88 valence electrons. The molecular formula is C15H10O2S. The summed E-state index contributed by atoms with van der Waals surface area (Å²) < 4.78 is 5.27. The number of benzene rings is 1. The van der Waals surface area contributed by atoms with E-state index in [-0.39, 0.29) is 5.97 Å². The minimum Gasteiger partial charge on any atom is -0.422 e. The van der Waals surface area contributed by atoms with Gasteiger partial charge in [-0.15, -0.1) is 0 Å². The number of carbonyl (C=O) groups excluding carboxylic acids is 1. The summed E-state index contributed by atoms with van der Waals surface area (Å²) in [4.78, 5) is 11.7. The largest absolute Gasteiger partial charge is 0.422 e. The molecule has 2 aromatic rings. The highest BCUT2D eigenvalue weighted by atomic mass is 32.1. The van der Waals surface area contributed by atoms with Gasteiger partial charge in [-0.3, -0.25) is 0 Å². The molecule has 0 aliphatic carbocycles. The quantitative estimate of drug-likeness (QED) is 0.603. The van der Waals surface area contributed by atoms with Gasteiger partial charge < -0.3 is 4.74 Å². The summed E-state index contributed by atoms with van der Waals surface area (Å²) in [5.74, 6) is 0.321. The molecule has 0 radical (unpaired) electrons. The van der Waals surface area contributed by atoms with Crippen LogP contribution in [0.3, 0.4) is 0 Å². The second-order valence-corrected chi connectivity index (χ2v) is 4.70. The fraction of sp³-hybridized carbons (Fsp3) is 0. The van der Waals surface area contributed by atoms with Gasteiger partial charge in [0.15, 0.2) is 0 Å². The Labute approximate surface area is 109 Å². The molecule has 3 heteroatoms. The van der Waals surface area contributed by atoms with Crippen LogP contribution in [0.15, 0.2) is 58.8 Å². The van der Waals surface area contributed by atoms with E-state index in [2.05, 4.69) is 0 Å². The van der Waals surface area contributed by atoms with E-state index in [9.17, 15) is 4.79 Å². The summed E-state index contributed by atoms with van der Waals surface area (Å²) >= 11 is 1.60. The van der Waals surface area contributed by atoms with Crippen molar-refractivity contribution in [2.24, 2.45) is 0 Å². The van der Waals surface area contributed by atoms with Gasteiger partial charge in [-0.2, -0.15) is 11.3 Å². The number of esters is 1. The number of hydrogen-bond donors (Lipinski definition) is 0. The van der Waals surface area contributed by atoms with Crippen molar-refractivity contribution < 1.29 is 9.53 Å². The Morgan fingerprint density at radius 3 is 2.67 bits per heavy atom. The molecule has 1 aromatic heterocycles. The molecule has 0 saturated heterocycles. The van der Waals surface area contributed by atoms with Gasteiger partial charge in [-0.25, -0.2) is 4.79 Å². The number of thiophene rings is 1. The maximum Gasteiger partial charge on any atom is 0.343 e. The molecule has 1 aromatic carbocycles. The van der Waals surface area contributed by atoms with Crippen LogP contribution in [0.1, 0.15) is 11.1 Å². The monoisotopic (exact) mass is 254 g/mol. The summed E-state index contributed by atoms with van der Waals surface area (Å²) in [5, 5.41) is 3.98. The zero-order valence-corrected chi connectivity index (χ0v) is 10.3. The van der Waals surface area contributed by atoms with Gasteiger partial charge in [-0.05, 0) is 34.5 Å². The zero-order valence-electron chi connectivity index (χ0n) is 9.50. The molecule has 0 spiro atoms. The fourth-order valence-corrected chi connectivity index (χ4v) is 2.39. The first-order chi connectivity index (χ1) is 8.83. The molecule has 1 aliphatic rings. The Kier molecular flexibility index (Phi) is 2.82. The standard InChI is InChI=1S/C15H10O2S/c16-15-13(8-11-6-7-18-10-11)9-14(17-15)12-4-2-1-3-5-12/h1-10H/b13-8+. The second-order valence-electron chi connectivity index (χ2n) is 3.92. The normalized spacial score (nSPS) is 16.8. The van der Waals surface area contributed by atoms with Crippen LogP contribution in [0.4, 0.5) is 0 Å². The van der Waals surface area contributed by atoms with Crippen LogP contribution in [0.25, 0.3) is 11.8 Å². The van der Waals surface area contributed by atoms with Crippen LogP contribution >= 0.6 is 11.3 Å². The highest BCUT2D eigenvalue weighted by molar-refractivity contribution is 7.08. The summed E-state index contributed by atoms with van der Waals surface area (Å²) in [7, 11) is 0.